The lowest BCUT2D eigenvalue weighted by molar-refractivity contribution is 0.188. The maximum absolute atomic E-state index is 9.12. The molecule has 4 rings (SSSR count). The molecule has 2 aromatic heterocycles. The number of hydrogen-bond acceptors (Lipinski definition) is 5. The molecule has 0 spiro atoms. The molecule has 7 heteroatoms. The molecular weight excluding hydrogens is 350 g/mol. The number of fused-ring (bicyclic) bond motifs is 1. The van der Waals surface area contributed by atoms with Gasteiger partial charge in [0.05, 0.1) is 12.8 Å². The predicted molar refractivity (Wildman–Crippen MR) is 104 cm³/mol. The van der Waals surface area contributed by atoms with Crippen LogP contribution in [0.2, 0.25) is 5.02 Å². The zero-order chi connectivity index (χ0) is 18.1. The third-order valence-electron chi connectivity index (χ3n) is 4.86. The molecule has 1 aromatic carbocycles. The minimum Gasteiger partial charge on any atom is -0.395 e. The van der Waals surface area contributed by atoms with E-state index in [1.807, 2.05) is 41.9 Å². The largest absolute Gasteiger partial charge is 0.395 e. The molecule has 0 saturated carbocycles. The standard InChI is InChI=1S/C19H22ClN5O/c1-14-12-18(24-8-6-23(7-9-24)10-11-26)25-19(22-14)16(13-21-25)15-4-2-3-5-17(15)20/h2-5,12-13,26H,6-11H2,1H3. The van der Waals surface area contributed by atoms with E-state index in [4.69, 9.17) is 21.7 Å². The second-order valence-corrected chi connectivity index (χ2v) is 6.99. The fourth-order valence-electron chi connectivity index (χ4n) is 3.50. The van der Waals surface area contributed by atoms with Crippen LogP contribution in [-0.2, 0) is 0 Å². The zero-order valence-corrected chi connectivity index (χ0v) is 15.5. The number of aromatic nitrogens is 3. The summed E-state index contributed by atoms with van der Waals surface area (Å²) in [5.74, 6) is 1.05. The van der Waals surface area contributed by atoms with E-state index in [9.17, 15) is 0 Å². The van der Waals surface area contributed by atoms with E-state index in [-0.39, 0.29) is 6.61 Å². The van der Waals surface area contributed by atoms with Gasteiger partial charge in [0.1, 0.15) is 5.82 Å². The summed E-state index contributed by atoms with van der Waals surface area (Å²) in [5.41, 5.74) is 3.67. The van der Waals surface area contributed by atoms with E-state index < -0.39 is 0 Å². The average Bonchev–Trinajstić information content (AvgIpc) is 3.06. The molecule has 0 atom stereocenters. The van der Waals surface area contributed by atoms with Crippen molar-refractivity contribution < 1.29 is 5.11 Å². The molecule has 0 unspecified atom stereocenters. The Morgan fingerprint density at radius 2 is 1.88 bits per heavy atom. The summed E-state index contributed by atoms with van der Waals surface area (Å²) < 4.78 is 1.91. The highest BCUT2D eigenvalue weighted by molar-refractivity contribution is 6.33. The third-order valence-corrected chi connectivity index (χ3v) is 5.19. The number of aryl methyl sites for hydroxylation is 1. The average molecular weight is 372 g/mol. The summed E-state index contributed by atoms with van der Waals surface area (Å²) in [6.45, 7) is 6.62. The van der Waals surface area contributed by atoms with E-state index in [1.165, 1.54) is 0 Å². The van der Waals surface area contributed by atoms with Gasteiger partial charge in [0, 0.05) is 60.6 Å². The van der Waals surface area contributed by atoms with Gasteiger partial charge in [-0.05, 0) is 13.0 Å². The van der Waals surface area contributed by atoms with Gasteiger partial charge in [-0.15, -0.1) is 0 Å². The van der Waals surface area contributed by atoms with Crippen molar-refractivity contribution in [3.63, 3.8) is 0 Å². The number of aliphatic hydroxyl groups excluding tert-OH is 1. The second kappa shape index (κ2) is 7.23. The van der Waals surface area contributed by atoms with Crippen LogP contribution in [0.3, 0.4) is 0 Å². The van der Waals surface area contributed by atoms with E-state index in [0.717, 1.165) is 61.0 Å². The third kappa shape index (κ3) is 3.16. The molecule has 136 valence electrons. The number of hydrogen-bond donors (Lipinski definition) is 1. The number of nitrogens with zero attached hydrogens (tertiary/aromatic N) is 5. The fourth-order valence-corrected chi connectivity index (χ4v) is 3.74. The summed E-state index contributed by atoms with van der Waals surface area (Å²) >= 11 is 6.39. The summed E-state index contributed by atoms with van der Waals surface area (Å²) in [4.78, 5) is 9.33. The van der Waals surface area contributed by atoms with Gasteiger partial charge in [-0.2, -0.15) is 9.61 Å². The van der Waals surface area contributed by atoms with Crippen LogP contribution in [0.25, 0.3) is 16.8 Å². The first-order valence-electron chi connectivity index (χ1n) is 8.86. The molecule has 1 N–H and O–H groups in total. The van der Waals surface area contributed by atoms with E-state index in [2.05, 4.69) is 21.0 Å². The highest BCUT2D eigenvalue weighted by atomic mass is 35.5. The summed E-state index contributed by atoms with van der Waals surface area (Å²) in [6.07, 6.45) is 1.84. The highest BCUT2D eigenvalue weighted by Gasteiger charge is 2.21. The fraction of sp³-hybridized carbons (Fsp3) is 0.368. The quantitative estimate of drug-likeness (QED) is 0.763. The second-order valence-electron chi connectivity index (χ2n) is 6.58. The maximum Gasteiger partial charge on any atom is 0.165 e. The van der Waals surface area contributed by atoms with Gasteiger partial charge >= 0.3 is 0 Å². The van der Waals surface area contributed by atoms with Crippen LogP contribution in [0.5, 0.6) is 0 Å². The lowest BCUT2D eigenvalue weighted by Gasteiger charge is -2.35. The van der Waals surface area contributed by atoms with Gasteiger partial charge in [-0.1, -0.05) is 29.8 Å². The molecule has 1 aliphatic heterocycles. The van der Waals surface area contributed by atoms with Crippen molar-refractivity contribution in [2.45, 2.75) is 6.92 Å². The molecule has 0 radical (unpaired) electrons. The van der Waals surface area contributed by atoms with Crippen molar-refractivity contribution in [2.75, 3.05) is 44.2 Å². The Morgan fingerprint density at radius 3 is 2.62 bits per heavy atom. The van der Waals surface area contributed by atoms with Crippen molar-refractivity contribution in [1.82, 2.24) is 19.5 Å². The Labute approximate surface area is 157 Å². The number of β-amino-alcohol motifs (C(OH)–C–C–N with tert-alkyl or cyclic N) is 1. The lowest BCUT2D eigenvalue weighted by Crippen LogP contribution is -2.47. The first kappa shape index (κ1) is 17.3. The predicted octanol–water partition coefficient (Wildman–Crippen LogP) is 2.47. The highest BCUT2D eigenvalue weighted by Crippen LogP contribution is 2.32. The van der Waals surface area contributed by atoms with E-state index in [0.29, 0.717) is 5.02 Å². The molecule has 1 saturated heterocycles. The molecule has 1 fully saturated rings. The van der Waals surface area contributed by atoms with Gasteiger partial charge in [0.2, 0.25) is 0 Å². The lowest BCUT2D eigenvalue weighted by atomic mass is 10.1. The Bertz CT molecular complexity index is 917. The van der Waals surface area contributed by atoms with Crippen molar-refractivity contribution in [3.8, 4) is 11.1 Å². The molecule has 3 heterocycles. The maximum atomic E-state index is 9.12. The van der Waals surface area contributed by atoms with Gasteiger partial charge in [-0.3, -0.25) is 4.90 Å². The Hall–Kier alpha value is -2.15. The van der Waals surface area contributed by atoms with Crippen LogP contribution < -0.4 is 4.90 Å². The van der Waals surface area contributed by atoms with Crippen LogP contribution in [0.4, 0.5) is 5.82 Å². The normalized spacial score (nSPS) is 15.7. The molecule has 3 aromatic rings. The number of rotatable bonds is 4. The Balaban J connectivity index is 1.73. The van der Waals surface area contributed by atoms with Crippen LogP contribution >= 0.6 is 11.6 Å². The molecule has 6 nitrogen and oxygen atoms in total. The van der Waals surface area contributed by atoms with Crippen LogP contribution in [0, 0.1) is 6.92 Å². The van der Waals surface area contributed by atoms with Crippen molar-refractivity contribution >= 4 is 23.1 Å². The zero-order valence-electron chi connectivity index (χ0n) is 14.8. The van der Waals surface area contributed by atoms with Crippen molar-refractivity contribution in [2.24, 2.45) is 0 Å². The molecule has 1 aliphatic rings. The first-order valence-corrected chi connectivity index (χ1v) is 9.23. The summed E-state index contributed by atoms with van der Waals surface area (Å²) in [6, 6.07) is 9.86. The van der Waals surface area contributed by atoms with Gasteiger partial charge < -0.3 is 10.0 Å². The minimum absolute atomic E-state index is 0.207. The number of anilines is 1. The van der Waals surface area contributed by atoms with Crippen molar-refractivity contribution in [3.05, 3.63) is 47.2 Å². The topological polar surface area (TPSA) is 56.9 Å². The number of aliphatic hydroxyl groups is 1. The van der Waals surface area contributed by atoms with E-state index >= 15 is 0 Å². The number of halogens is 1. The Kier molecular flexibility index (Phi) is 4.80. The SMILES string of the molecule is Cc1cc(N2CCN(CCO)CC2)n2ncc(-c3ccccc3Cl)c2n1. The first-order chi connectivity index (χ1) is 12.7. The van der Waals surface area contributed by atoms with E-state index in [1.54, 1.807) is 0 Å². The number of piperazine rings is 1. The van der Waals surface area contributed by atoms with Crippen molar-refractivity contribution in [1.29, 1.82) is 0 Å². The Morgan fingerprint density at radius 1 is 1.12 bits per heavy atom. The summed E-state index contributed by atoms with van der Waals surface area (Å²) in [5, 5.41) is 14.4. The molecule has 0 amide bonds. The molecule has 0 aliphatic carbocycles. The molecule has 26 heavy (non-hydrogen) atoms. The van der Waals surface area contributed by atoms with Gasteiger partial charge in [0.15, 0.2) is 5.65 Å². The minimum atomic E-state index is 0.207. The van der Waals surface area contributed by atoms with Crippen LogP contribution in [-0.4, -0.2) is 63.9 Å². The monoisotopic (exact) mass is 371 g/mol. The number of benzene rings is 1. The van der Waals surface area contributed by atoms with Gasteiger partial charge in [-0.25, -0.2) is 4.98 Å². The smallest absolute Gasteiger partial charge is 0.165 e. The van der Waals surface area contributed by atoms with Gasteiger partial charge in [0.25, 0.3) is 0 Å². The molecular formula is C19H22ClN5O. The summed E-state index contributed by atoms with van der Waals surface area (Å²) in [7, 11) is 0. The van der Waals surface area contributed by atoms with Crippen LogP contribution in [0.15, 0.2) is 36.5 Å². The molecule has 0 bridgehead atoms. The van der Waals surface area contributed by atoms with Crippen LogP contribution in [0.1, 0.15) is 5.69 Å².